The fraction of sp³-hybridized carbons (Fsp3) is 0.562. The summed E-state index contributed by atoms with van der Waals surface area (Å²) in [5.41, 5.74) is 7.16. The van der Waals surface area contributed by atoms with E-state index in [1.165, 1.54) is 0 Å². The molecule has 1 heterocycles. The molecule has 1 atom stereocenters. The number of nitrogen functional groups attached to an aromatic ring is 1. The van der Waals surface area contributed by atoms with Gasteiger partial charge in [0.25, 0.3) is 0 Å². The van der Waals surface area contributed by atoms with Gasteiger partial charge >= 0.3 is 6.09 Å². The van der Waals surface area contributed by atoms with Crippen molar-refractivity contribution in [3.63, 3.8) is 0 Å². The molecule has 0 saturated carbocycles. The molecular weight excluding hydrogens is 298 g/mol. The van der Waals surface area contributed by atoms with Crippen molar-refractivity contribution in [2.24, 2.45) is 0 Å². The van der Waals surface area contributed by atoms with Gasteiger partial charge in [-0.2, -0.15) is 13.5 Å². The van der Waals surface area contributed by atoms with Crippen LogP contribution in [0, 0.1) is 0 Å². The van der Waals surface area contributed by atoms with Crippen LogP contribution in [-0.2, 0) is 4.74 Å². The van der Waals surface area contributed by atoms with E-state index in [1.807, 2.05) is 52.0 Å². The number of ether oxygens (including phenoxy) is 1. The van der Waals surface area contributed by atoms with Gasteiger partial charge in [-0.15, -0.1) is 0 Å². The van der Waals surface area contributed by atoms with Gasteiger partial charge < -0.3 is 20.3 Å². The maximum Gasteiger partial charge on any atom is 0.410 e. The molecule has 0 aromatic heterocycles. The molecule has 1 saturated heterocycles. The molecule has 0 spiro atoms. The average Bonchev–Trinajstić information content (AvgIpc) is 2.37. The minimum absolute atomic E-state index is 0. The van der Waals surface area contributed by atoms with E-state index in [-0.39, 0.29) is 25.6 Å². The van der Waals surface area contributed by atoms with Crippen LogP contribution in [0.4, 0.5) is 16.2 Å². The van der Waals surface area contributed by atoms with Gasteiger partial charge in [-0.25, -0.2) is 4.79 Å². The first kappa shape index (κ1) is 18.5. The normalized spacial score (nSPS) is 18.6. The van der Waals surface area contributed by atoms with Crippen LogP contribution in [0.1, 0.15) is 27.7 Å². The first-order valence-electron chi connectivity index (χ1n) is 7.36. The van der Waals surface area contributed by atoms with Crippen molar-refractivity contribution in [1.82, 2.24) is 4.90 Å². The van der Waals surface area contributed by atoms with Crippen LogP contribution in [0.3, 0.4) is 0 Å². The number of piperazine rings is 1. The molecule has 1 fully saturated rings. The Morgan fingerprint density at radius 2 is 1.82 bits per heavy atom. The number of carbonyl (C=O) groups is 1. The zero-order valence-corrected chi connectivity index (χ0v) is 14.8. The van der Waals surface area contributed by atoms with Crippen LogP contribution in [0.15, 0.2) is 24.3 Å². The molecule has 0 radical (unpaired) electrons. The highest BCUT2D eigenvalue weighted by molar-refractivity contribution is 7.59. The monoisotopic (exact) mass is 325 g/mol. The van der Waals surface area contributed by atoms with Crippen LogP contribution in [0.25, 0.3) is 0 Å². The number of rotatable bonds is 1. The van der Waals surface area contributed by atoms with Crippen LogP contribution >= 0.6 is 13.5 Å². The Morgan fingerprint density at radius 3 is 2.32 bits per heavy atom. The predicted molar refractivity (Wildman–Crippen MR) is 95.9 cm³/mol. The molecular formula is C16H27N3O2S. The van der Waals surface area contributed by atoms with Gasteiger partial charge in [0.15, 0.2) is 0 Å². The molecule has 0 unspecified atom stereocenters. The number of hydrogen-bond donors (Lipinski definition) is 1. The highest BCUT2D eigenvalue weighted by atomic mass is 32.1. The molecule has 1 aromatic rings. The second-order valence-electron chi connectivity index (χ2n) is 6.56. The SMILES string of the molecule is C[C@H]1CN(c2ccc(N)cc2)CCN1C(=O)OC(C)(C)C.S. The van der Waals surface area contributed by atoms with Gasteiger partial charge in [0.05, 0.1) is 0 Å². The van der Waals surface area contributed by atoms with E-state index < -0.39 is 5.60 Å². The molecule has 6 heteroatoms. The maximum absolute atomic E-state index is 12.2. The molecule has 0 aliphatic carbocycles. The summed E-state index contributed by atoms with van der Waals surface area (Å²) < 4.78 is 5.46. The number of amides is 1. The van der Waals surface area contributed by atoms with Crippen molar-refractivity contribution < 1.29 is 9.53 Å². The highest BCUT2D eigenvalue weighted by Gasteiger charge is 2.30. The standard InChI is InChI=1S/C16H25N3O2.H2S/c1-12-11-18(14-7-5-13(17)6-8-14)9-10-19(12)15(20)21-16(2,3)4;/h5-8,12H,9-11,17H2,1-4H3;1H2/t12-;/m0./s1. The Morgan fingerprint density at radius 1 is 1.23 bits per heavy atom. The number of benzene rings is 1. The molecule has 1 aromatic carbocycles. The van der Waals surface area contributed by atoms with Crippen LogP contribution in [-0.4, -0.2) is 42.3 Å². The molecule has 124 valence electrons. The topological polar surface area (TPSA) is 58.8 Å². The Hall–Kier alpha value is -1.56. The molecule has 2 N–H and O–H groups in total. The van der Waals surface area contributed by atoms with Crippen molar-refractivity contribution in [2.45, 2.75) is 39.3 Å². The largest absolute Gasteiger partial charge is 0.444 e. The zero-order valence-electron chi connectivity index (χ0n) is 13.8. The molecule has 2 rings (SSSR count). The molecule has 22 heavy (non-hydrogen) atoms. The third-order valence-corrected chi connectivity index (χ3v) is 3.51. The van der Waals surface area contributed by atoms with Crippen molar-refractivity contribution in [2.75, 3.05) is 30.3 Å². The molecule has 5 nitrogen and oxygen atoms in total. The lowest BCUT2D eigenvalue weighted by Gasteiger charge is -2.41. The Labute approximate surface area is 139 Å². The van der Waals surface area contributed by atoms with E-state index in [0.717, 1.165) is 24.5 Å². The zero-order chi connectivity index (χ0) is 15.6. The van der Waals surface area contributed by atoms with E-state index in [0.29, 0.717) is 6.54 Å². The summed E-state index contributed by atoms with van der Waals surface area (Å²) in [4.78, 5) is 16.3. The lowest BCUT2D eigenvalue weighted by atomic mass is 10.1. The number of nitrogens with two attached hydrogens (primary N) is 1. The number of hydrogen-bond acceptors (Lipinski definition) is 4. The smallest absolute Gasteiger partial charge is 0.410 e. The van der Waals surface area contributed by atoms with E-state index >= 15 is 0 Å². The summed E-state index contributed by atoms with van der Waals surface area (Å²) in [5, 5.41) is 0. The second-order valence-corrected chi connectivity index (χ2v) is 6.56. The Bertz CT molecular complexity index is 499. The lowest BCUT2D eigenvalue weighted by Crippen LogP contribution is -2.55. The molecule has 0 bridgehead atoms. The summed E-state index contributed by atoms with van der Waals surface area (Å²) in [6, 6.07) is 7.96. The maximum atomic E-state index is 12.2. The summed E-state index contributed by atoms with van der Waals surface area (Å²) in [6.07, 6.45) is -0.230. The van der Waals surface area contributed by atoms with Crippen LogP contribution in [0.2, 0.25) is 0 Å². The fourth-order valence-electron chi connectivity index (χ4n) is 2.47. The first-order valence-corrected chi connectivity index (χ1v) is 7.36. The van der Waals surface area contributed by atoms with Crippen molar-refractivity contribution in [3.8, 4) is 0 Å². The van der Waals surface area contributed by atoms with E-state index in [9.17, 15) is 4.79 Å². The van der Waals surface area contributed by atoms with Crippen LogP contribution in [0.5, 0.6) is 0 Å². The third kappa shape index (κ3) is 4.73. The lowest BCUT2D eigenvalue weighted by molar-refractivity contribution is 0.0159. The second kappa shape index (κ2) is 7.13. The van der Waals surface area contributed by atoms with E-state index in [4.69, 9.17) is 10.5 Å². The fourth-order valence-corrected chi connectivity index (χ4v) is 2.47. The average molecular weight is 325 g/mol. The first-order chi connectivity index (χ1) is 9.76. The van der Waals surface area contributed by atoms with E-state index in [1.54, 1.807) is 4.90 Å². The summed E-state index contributed by atoms with van der Waals surface area (Å²) in [5.74, 6) is 0. The minimum atomic E-state index is -0.453. The summed E-state index contributed by atoms with van der Waals surface area (Å²) in [6.45, 7) is 9.98. The van der Waals surface area contributed by atoms with Gasteiger partial charge in [0.2, 0.25) is 0 Å². The van der Waals surface area contributed by atoms with Gasteiger partial charge in [0.1, 0.15) is 5.60 Å². The third-order valence-electron chi connectivity index (χ3n) is 3.51. The number of nitrogens with zero attached hydrogens (tertiary/aromatic N) is 2. The van der Waals surface area contributed by atoms with Gasteiger partial charge in [-0.1, -0.05) is 0 Å². The quantitative estimate of drug-likeness (QED) is 0.807. The van der Waals surface area contributed by atoms with E-state index in [2.05, 4.69) is 4.90 Å². The minimum Gasteiger partial charge on any atom is -0.444 e. The Kier molecular flexibility index (Phi) is 6.00. The van der Waals surface area contributed by atoms with Gasteiger partial charge in [0, 0.05) is 37.1 Å². The van der Waals surface area contributed by atoms with Gasteiger partial charge in [-0.05, 0) is 52.0 Å². The van der Waals surface area contributed by atoms with Crippen molar-refractivity contribution >= 4 is 31.0 Å². The molecule has 1 aliphatic rings. The Balaban J connectivity index is 0.00000242. The summed E-state index contributed by atoms with van der Waals surface area (Å²) in [7, 11) is 0. The van der Waals surface area contributed by atoms with Crippen LogP contribution < -0.4 is 10.6 Å². The number of carbonyl (C=O) groups excluding carboxylic acids is 1. The highest BCUT2D eigenvalue weighted by Crippen LogP contribution is 2.21. The van der Waals surface area contributed by atoms with Crippen molar-refractivity contribution in [3.05, 3.63) is 24.3 Å². The number of anilines is 2. The van der Waals surface area contributed by atoms with Crippen molar-refractivity contribution in [1.29, 1.82) is 0 Å². The van der Waals surface area contributed by atoms with Gasteiger partial charge in [-0.3, -0.25) is 0 Å². The molecule has 1 aliphatic heterocycles. The molecule has 1 amide bonds. The summed E-state index contributed by atoms with van der Waals surface area (Å²) >= 11 is 0. The predicted octanol–water partition coefficient (Wildman–Crippen LogP) is 2.83.